The van der Waals surface area contributed by atoms with Gasteiger partial charge in [0.15, 0.2) is 0 Å². The van der Waals surface area contributed by atoms with Crippen molar-refractivity contribution in [1.29, 1.82) is 5.26 Å². The lowest BCUT2D eigenvalue weighted by Gasteiger charge is -2.36. The monoisotopic (exact) mass is 210 g/mol. The lowest BCUT2D eigenvalue weighted by Crippen LogP contribution is -2.48. The summed E-state index contributed by atoms with van der Waals surface area (Å²) in [5.41, 5.74) is -0.280. The van der Waals surface area contributed by atoms with E-state index >= 15 is 0 Å². The van der Waals surface area contributed by atoms with E-state index in [0.717, 1.165) is 19.4 Å². The van der Waals surface area contributed by atoms with Crippen molar-refractivity contribution in [3.05, 3.63) is 0 Å². The van der Waals surface area contributed by atoms with Crippen LogP contribution < -0.4 is 5.32 Å². The van der Waals surface area contributed by atoms with Crippen LogP contribution >= 0.6 is 0 Å². The SMILES string of the molecule is CCC1CCCC(C#N)(NCCOC)C1. The predicted octanol–water partition coefficient (Wildman–Crippen LogP) is 2.08. The average molecular weight is 210 g/mol. The van der Waals surface area contributed by atoms with Gasteiger partial charge in [-0.25, -0.2) is 0 Å². The maximum absolute atomic E-state index is 9.30. The van der Waals surface area contributed by atoms with Crippen LogP contribution in [-0.2, 0) is 4.74 Å². The minimum absolute atomic E-state index is 0.280. The highest BCUT2D eigenvalue weighted by Gasteiger charge is 2.35. The van der Waals surface area contributed by atoms with Crippen molar-refractivity contribution in [1.82, 2.24) is 5.32 Å². The smallest absolute Gasteiger partial charge is 0.107 e. The van der Waals surface area contributed by atoms with Crippen LogP contribution in [0.1, 0.15) is 39.0 Å². The fourth-order valence-corrected chi connectivity index (χ4v) is 2.43. The van der Waals surface area contributed by atoms with Crippen LogP contribution in [0.15, 0.2) is 0 Å². The van der Waals surface area contributed by atoms with Crippen molar-refractivity contribution in [3.8, 4) is 6.07 Å². The largest absolute Gasteiger partial charge is 0.383 e. The summed E-state index contributed by atoms with van der Waals surface area (Å²) in [7, 11) is 1.69. The van der Waals surface area contributed by atoms with Crippen molar-refractivity contribution in [3.63, 3.8) is 0 Å². The molecule has 86 valence electrons. The Morgan fingerprint density at radius 1 is 1.60 bits per heavy atom. The van der Waals surface area contributed by atoms with E-state index in [1.807, 2.05) is 0 Å². The summed E-state index contributed by atoms with van der Waals surface area (Å²) in [5, 5.41) is 12.7. The van der Waals surface area contributed by atoms with Crippen LogP contribution in [0.25, 0.3) is 0 Å². The van der Waals surface area contributed by atoms with E-state index in [2.05, 4.69) is 18.3 Å². The summed E-state index contributed by atoms with van der Waals surface area (Å²) >= 11 is 0. The number of nitrogens with one attached hydrogen (secondary N) is 1. The first-order chi connectivity index (χ1) is 7.26. The van der Waals surface area contributed by atoms with Gasteiger partial charge in [0.05, 0.1) is 12.7 Å². The van der Waals surface area contributed by atoms with Gasteiger partial charge in [-0.15, -0.1) is 0 Å². The molecule has 1 aliphatic carbocycles. The van der Waals surface area contributed by atoms with Gasteiger partial charge in [-0.05, 0) is 18.8 Å². The molecule has 1 aliphatic rings. The summed E-state index contributed by atoms with van der Waals surface area (Å²) in [6.07, 6.45) is 5.64. The summed E-state index contributed by atoms with van der Waals surface area (Å²) in [5.74, 6) is 0.716. The summed E-state index contributed by atoms with van der Waals surface area (Å²) < 4.78 is 5.00. The van der Waals surface area contributed by atoms with Crippen LogP contribution in [0, 0.1) is 17.2 Å². The average Bonchev–Trinajstić information content (AvgIpc) is 2.30. The lowest BCUT2D eigenvalue weighted by atomic mass is 9.75. The molecule has 0 heterocycles. The third-order valence-corrected chi connectivity index (χ3v) is 3.41. The van der Waals surface area contributed by atoms with E-state index < -0.39 is 0 Å². The molecule has 1 rings (SSSR count). The Hall–Kier alpha value is -0.590. The number of ether oxygens (including phenoxy) is 1. The molecule has 15 heavy (non-hydrogen) atoms. The first-order valence-corrected chi connectivity index (χ1v) is 5.91. The molecule has 3 nitrogen and oxygen atoms in total. The molecule has 2 unspecified atom stereocenters. The van der Waals surface area contributed by atoms with Gasteiger partial charge in [-0.1, -0.05) is 26.2 Å². The summed E-state index contributed by atoms with van der Waals surface area (Å²) in [6.45, 7) is 3.67. The number of nitrogens with zero attached hydrogens (tertiary/aromatic N) is 1. The zero-order chi connectivity index (χ0) is 11.1. The number of hydrogen-bond acceptors (Lipinski definition) is 3. The molecule has 1 N–H and O–H groups in total. The Kier molecular flexibility index (Phi) is 5.07. The van der Waals surface area contributed by atoms with E-state index in [4.69, 9.17) is 4.74 Å². The Balaban J connectivity index is 2.48. The van der Waals surface area contributed by atoms with Crippen LogP contribution in [0.2, 0.25) is 0 Å². The van der Waals surface area contributed by atoms with Crippen LogP contribution in [0.3, 0.4) is 0 Å². The fraction of sp³-hybridized carbons (Fsp3) is 0.917. The molecule has 0 aromatic rings. The molecule has 0 aromatic heterocycles. The summed E-state index contributed by atoms with van der Waals surface area (Å²) in [4.78, 5) is 0. The van der Waals surface area contributed by atoms with Gasteiger partial charge in [0, 0.05) is 13.7 Å². The zero-order valence-electron chi connectivity index (χ0n) is 9.88. The normalized spacial score (nSPS) is 31.1. The molecule has 1 fully saturated rings. The Morgan fingerprint density at radius 2 is 2.40 bits per heavy atom. The molecule has 0 amide bonds. The quantitative estimate of drug-likeness (QED) is 0.707. The van der Waals surface area contributed by atoms with E-state index in [1.54, 1.807) is 7.11 Å². The van der Waals surface area contributed by atoms with Gasteiger partial charge < -0.3 is 4.74 Å². The molecule has 0 radical (unpaired) electrons. The third-order valence-electron chi connectivity index (χ3n) is 3.41. The second-order valence-electron chi connectivity index (χ2n) is 4.48. The van der Waals surface area contributed by atoms with Crippen molar-refractivity contribution in [2.75, 3.05) is 20.3 Å². The molecule has 0 aromatic carbocycles. The topological polar surface area (TPSA) is 45.0 Å². The van der Waals surface area contributed by atoms with Crippen molar-refractivity contribution >= 4 is 0 Å². The lowest BCUT2D eigenvalue weighted by molar-refractivity contribution is 0.170. The highest BCUT2D eigenvalue weighted by atomic mass is 16.5. The van der Waals surface area contributed by atoms with Gasteiger partial charge in [-0.2, -0.15) is 5.26 Å². The molecule has 1 saturated carbocycles. The second kappa shape index (κ2) is 6.09. The number of nitriles is 1. The molecule has 3 heteroatoms. The Labute approximate surface area is 92.8 Å². The molecule has 0 spiro atoms. The number of rotatable bonds is 5. The molecule has 0 saturated heterocycles. The van der Waals surface area contributed by atoms with E-state index in [-0.39, 0.29) is 5.54 Å². The standard InChI is InChI=1S/C12H22N2O/c1-3-11-5-4-6-12(9-11,10-13)14-7-8-15-2/h11,14H,3-9H2,1-2H3. The van der Waals surface area contributed by atoms with Gasteiger partial charge >= 0.3 is 0 Å². The van der Waals surface area contributed by atoms with Gasteiger partial charge in [0.1, 0.15) is 5.54 Å². The second-order valence-corrected chi connectivity index (χ2v) is 4.48. The highest BCUT2D eigenvalue weighted by Crippen LogP contribution is 2.33. The Bertz CT molecular complexity index is 224. The molecule has 0 aliphatic heterocycles. The number of methoxy groups -OCH3 is 1. The van der Waals surface area contributed by atoms with Crippen molar-refractivity contribution in [2.24, 2.45) is 5.92 Å². The first-order valence-electron chi connectivity index (χ1n) is 5.91. The summed E-state index contributed by atoms with van der Waals surface area (Å²) in [6, 6.07) is 2.47. The number of hydrogen-bond donors (Lipinski definition) is 1. The van der Waals surface area contributed by atoms with E-state index in [1.165, 1.54) is 19.3 Å². The van der Waals surface area contributed by atoms with Crippen LogP contribution in [0.5, 0.6) is 0 Å². The first kappa shape index (κ1) is 12.5. The zero-order valence-corrected chi connectivity index (χ0v) is 9.88. The van der Waals surface area contributed by atoms with Gasteiger partial charge in [-0.3, -0.25) is 5.32 Å². The maximum Gasteiger partial charge on any atom is 0.107 e. The van der Waals surface area contributed by atoms with Gasteiger partial charge in [0.25, 0.3) is 0 Å². The molecule has 0 bridgehead atoms. The van der Waals surface area contributed by atoms with Crippen LogP contribution in [-0.4, -0.2) is 25.8 Å². The predicted molar refractivity (Wildman–Crippen MR) is 60.5 cm³/mol. The van der Waals surface area contributed by atoms with Crippen molar-refractivity contribution < 1.29 is 4.74 Å². The van der Waals surface area contributed by atoms with E-state index in [9.17, 15) is 5.26 Å². The van der Waals surface area contributed by atoms with Gasteiger partial charge in [0.2, 0.25) is 0 Å². The Morgan fingerprint density at radius 3 is 3.00 bits per heavy atom. The molecular formula is C12H22N2O. The van der Waals surface area contributed by atoms with Crippen molar-refractivity contribution in [2.45, 2.75) is 44.6 Å². The molecule has 2 atom stereocenters. The minimum Gasteiger partial charge on any atom is -0.383 e. The maximum atomic E-state index is 9.30. The van der Waals surface area contributed by atoms with Crippen LogP contribution in [0.4, 0.5) is 0 Å². The minimum atomic E-state index is -0.280. The third kappa shape index (κ3) is 3.48. The van der Waals surface area contributed by atoms with E-state index in [0.29, 0.717) is 12.5 Å². The fourth-order valence-electron chi connectivity index (χ4n) is 2.43. The highest BCUT2D eigenvalue weighted by molar-refractivity contribution is 5.09. The molecular weight excluding hydrogens is 188 g/mol.